The standard InChI is InChI=1S/C69H57N2O2/c1-72-60-45-43-58(62(50-27-11-3-12-28-50)51-29-13-4-14-30-51)68(66(60)64(54-35-19-7-20-36-54)55-37-21-8-22-38-55)70-47-48-71(49-70)69-59(63(52-31-15-5-16-32-52)53-33-17-6-18-34-53)44-46-61(73-2)67(69)65(56-39-23-9-24-40-56)57-41-25-10-26-42-57/h3-49,62-65H,1-2H3/q+1. The van der Waals surface area contributed by atoms with E-state index >= 15 is 0 Å². The van der Waals surface area contributed by atoms with E-state index in [2.05, 4.69) is 295 Å². The number of methoxy groups -OCH3 is 2. The van der Waals surface area contributed by atoms with Crippen molar-refractivity contribution in [1.29, 1.82) is 0 Å². The first-order valence-corrected chi connectivity index (χ1v) is 25.1. The van der Waals surface area contributed by atoms with Gasteiger partial charge in [-0.1, -0.05) is 255 Å². The maximum atomic E-state index is 6.56. The van der Waals surface area contributed by atoms with Crippen molar-refractivity contribution in [2.24, 2.45) is 0 Å². The number of nitrogens with zero attached hydrogens (tertiary/aromatic N) is 2. The third-order valence-electron chi connectivity index (χ3n) is 14.3. The molecular weight excluding hydrogens is 889 g/mol. The van der Waals surface area contributed by atoms with Gasteiger partial charge in [0.2, 0.25) is 0 Å². The van der Waals surface area contributed by atoms with E-state index in [1.807, 2.05) is 0 Å². The van der Waals surface area contributed by atoms with Gasteiger partial charge in [0.15, 0.2) is 0 Å². The maximum Gasteiger partial charge on any atom is 0.254 e. The molecule has 0 aliphatic rings. The summed E-state index contributed by atoms with van der Waals surface area (Å²) in [5.74, 6) is 0.962. The maximum absolute atomic E-state index is 6.56. The first-order valence-electron chi connectivity index (χ1n) is 25.1. The molecule has 0 unspecified atom stereocenters. The first kappa shape index (κ1) is 46.4. The van der Waals surface area contributed by atoms with Crippen LogP contribution in [0.1, 0.15) is 90.4 Å². The van der Waals surface area contributed by atoms with Crippen LogP contribution in [0.3, 0.4) is 0 Å². The Morgan fingerprint density at radius 1 is 0.315 bits per heavy atom. The average molecular weight is 946 g/mol. The molecule has 0 saturated heterocycles. The van der Waals surface area contributed by atoms with Crippen molar-refractivity contribution in [3.63, 3.8) is 0 Å². The highest BCUT2D eigenvalue weighted by Crippen LogP contribution is 2.48. The van der Waals surface area contributed by atoms with Crippen LogP contribution in [0.4, 0.5) is 0 Å². The van der Waals surface area contributed by atoms with Crippen molar-refractivity contribution in [2.75, 3.05) is 14.2 Å². The number of aromatic nitrogens is 2. The number of hydrogen-bond acceptors (Lipinski definition) is 2. The molecular formula is C69H57N2O2+. The van der Waals surface area contributed by atoms with Gasteiger partial charge in [-0.2, -0.15) is 0 Å². The lowest BCUT2D eigenvalue weighted by Gasteiger charge is -2.28. The summed E-state index contributed by atoms with van der Waals surface area (Å²) in [5, 5.41) is 0. The van der Waals surface area contributed by atoms with Gasteiger partial charge < -0.3 is 9.47 Å². The highest BCUT2D eigenvalue weighted by atomic mass is 16.5. The second-order valence-corrected chi connectivity index (χ2v) is 18.5. The van der Waals surface area contributed by atoms with Gasteiger partial charge in [0.05, 0.1) is 25.3 Å². The van der Waals surface area contributed by atoms with E-state index in [4.69, 9.17) is 9.47 Å². The van der Waals surface area contributed by atoms with Gasteiger partial charge in [0.1, 0.15) is 35.3 Å². The van der Waals surface area contributed by atoms with Gasteiger partial charge in [-0.25, -0.2) is 9.13 Å². The zero-order valence-electron chi connectivity index (χ0n) is 41.2. The predicted octanol–water partition coefficient (Wildman–Crippen LogP) is 15.5. The summed E-state index contributed by atoms with van der Waals surface area (Å²) < 4.78 is 17.8. The quantitative estimate of drug-likeness (QED) is 0.0713. The molecule has 0 fully saturated rings. The number of ether oxygens (including phenoxy) is 2. The molecule has 1 aromatic heterocycles. The van der Waals surface area contributed by atoms with E-state index in [1.54, 1.807) is 14.2 Å². The molecule has 0 aliphatic carbocycles. The van der Waals surface area contributed by atoms with Crippen molar-refractivity contribution < 1.29 is 14.0 Å². The van der Waals surface area contributed by atoms with Crippen LogP contribution in [-0.2, 0) is 0 Å². The Morgan fingerprint density at radius 3 is 0.945 bits per heavy atom. The van der Waals surface area contributed by atoms with E-state index in [1.165, 1.54) is 44.5 Å². The lowest BCUT2D eigenvalue weighted by Crippen LogP contribution is -2.33. The predicted molar refractivity (Wildman–Crippen MR) is 296 cm³/mol. The molecule has 11 rings (SSSR count). The lowest BCUT2D eigenvalue weighted by molar-refractivity contribution is -0.595. The van der Waals surface area contributed by atoms with Crippen molar-refractivity contribution in [2.45, 2.75) is 23.7 Å². The van der Waals surface area contributed by atoms with Crippen LogP contribution in [0, 0.1) is 0 Å². The Labute approximate surface area is 429 Å². The summed E-state index contributed by atoms with van der Waals surface area (Å²) >= 11 is 0. The third kappa shape index (κ3) is 9.39. The van der Waals surface area contributed by atoms with Crippen LogP contribution >= 0.6 is 0 Å². The Bertz CT molecular complexity index is 3120. The zero-order valence-corrected chi connectivity index (χ0v) is 41.2. The molecule has 11 aromatic rings. The average Bonchev–Trinajstić information content (AvgIpc) is 3.95. The van der Waals surface area contributed by atoms with Gasteiger partial charge >= 0.3 is 0 Å². The molecule has 73 heavy (non-hydrogen) atoms. The summed E-state index contributed by atoms with van der Waals surface area (Å²) in [6.07, 6.45) is 6.74. The summed E-state index contributed by atoms with van der Waals surface area (Å²) in [6.45, 7) is 0. The number of hydrogen-bond donors (Lipinski definition) is 0. The molecule has 1 heterocycles. The van der Waals surface area contributed by atoms with Crippen molar-refractivity contribution in [3.05, 3.63) is 352 Å². The van der Waals surface area contributed by atoms with Gasteiger partial charge in [-0.15, -0.1) is 0 Å². The largest absolute Gasteiger partial charge is 0.496 e. The molecule has 0 atom stereocenters. The number of rotatable bonds is 16. The second kappa shape index (κ2) is 21.6. The fraction of sp³-hybridized carbons (Fsp3) is 0.0870. The van der Waals surface area contributed by atoms with Crippen LogP contribution in [0.25, 0.3) is 11.4 Å². The van der Waals surface area contributed by atoms with Gasteiger partial charge in [-0.05, 0) is 56.6 Å². The first-order chi connectivity index (χ1) is 36.2. The summed E-state index contributed by atoms with van der Waals surface area (Å²) in [5.41, 5.74) is 16.0. The van der Waals surface area contributed by atoms with Crippen LogP contribution in [0.2, 0.25) is 0 Å². The topological polar surface area (TPSA) is 27.3 Å². The minimum atomic E-state index is -0.195. The van der Waals surface area contributed by atoms with Crippen molar-refractivity contribution >= 4 is 0 Å². The van der Waals surface area contributed by atoms with E-state index in [0.29, 0.717) is 0 Å². The lowest BCUT2D eigenvalue weighted by atomic mass is 9.78. The molecule has 0 aliphatic heterocycles. The van der Waals surface area contributed by atoms with E-state index < -0.39 is 0 Å². The molecule has 0 amide bonds. The van der Waals surface area contributed by atoms with E-state index in [-0.39, 0.29) is 23.7 Å². The van der Waals surface area contributed by atoms with Crippen molar-refractivity contribution in [3.8, 4) is 22.9 Å². The molecule has 4 nitrogen and oxygen atoms in total. The van der Waals surface area contributed by atoms with Crippen molar-refractivity contribution in [1.82, 2.24) is 4.57 Å². The molecule has 0 spiro atoms. The molecule has 10 aromatic carbocycles. The minimum Gasteiger partial charge on any atom is -0.496 e. The second-order valence-electron chi connectivity index (χ2n) is 18.5. The fourth-order valence-corrected chi connectivity index (χ4v) is 11.1. The summed E-state index contributed by atoms with van der Waals surface area (Å²) in [4.78, 5) is 0. The number of benzene rings is 10. The minimum absolute atomic E-state index is 0.130. The molecule has 0 bridgehead atoms. The fourth-order valence-electron chi connectivity index (χ4n) is 11.1. The Hall–Kier alpha value is -8.99. The molecule has 0 saturated carbocycles. The smallest absolute Gasteiger partial charge is 0.254 e. The zero-order chi connectivity index (χ0) is 49.3. The molecule has 0 radical (unpaired) electrons. The Kier molecular flexibility index (Phi) is 13.7. The van der Waals surface area contributed by atoms with Crippen LogP contribution in [0.15, 0.2) is 286 Å². The highest BCUT2D eigenvalue weighted by Gasteiger charge is 2.36. The Balaban J connectivity index is 1.26. The number of imidazole rings is 1. The van der Waals surface area contributed by atoms with Crippen LogP contribution in [0.5, 0.6) is 11.5 Å². The van der Waals surface area contributed by atoms with E-state index in [0.717, 1.165) is 45.1 Å². The molecule has 0 N–H and O–H groups in total. The third-order valence-corrected chi connectivity index (χ3v) is 14.3. The molecule has 4 heteroatoms. The van der Waals surface area contributed by atoms with E-state index in [9.17, 15) is 0 Å². The normalized spacial score (nSPS) is 11.4. The van der Waals surface area contributed by atoms with Gasteiger partial charge in [0.25, 0.3) is 6.33 Å². The highest BCUT2D eigenvalue weighted by molar-refractivity contribution is 5.67. The monoisotopic (exact) mass is 945 g/mol. The van der Waals surface area contributed by atoms with Gasteiger partial charge in [-0.3, -0.25) is 0 Å². The van der Waals surface area contributed by atoms with Crippen LogP contribution < -0.4 is 14.0 Å². The Morgan fingerprint density at radius 2 is 0.603 bits per heavy atom. The SMILES string of the molecule is COc1ccc(C(c2ccccc2)c2ccccc2)c(-n2cc[n+](-c3c(C(c4ccccc4)c4ccccc4)ccc(OC)c3C(c3ccccc3)c3ccccc3)c2)c1C(c1ccccc1)c1ccccc1. The summed E-state index contributed by atoms with van der Waals surface area (Å²) in [6, 6.07) is 95.9. The van der Waals surface area contributed by atoms with Crippen LogP contribution in [-0.4, -0.2) is 18.8 Å². The molecule has 354 valence electrons. The van der Waals surface area contributed by atoms with Gasteiger partial charge in [0, 0.05) is 34.8 Å². The summed E-state index contributed by atoms with van der Waals surface area (Å²) in [7, 11) is 3.60.